The van der Waals surface area contributed by atoms with E-state index < -0.39 is 4.92 Å². The lowest BCUT2D eigenvalue weighted by Gasteiger charge is -2.10. The van der Waals surface area contributed by atoms with Gasteiger partial charge in [-0.25, -0.2) is 5.43 Å². The van der Waals surface area contributed by atoms with E-state index in [0.717, 1.165) is 30.2 Å². The van der Waals surface area contributed by atoms with E-state index >= 15 is 0 Å². The number of nitro benzene ring substituents is 1. The van der Waals surface area contributed by atoms with Gasteiger partial charge in [0, 0.05) is 28.2 Å². The maximum Gasteiger partial charge on any atom is 0.278 e. The van der Waals surface area contributed by atoms with Gasteiger partial charge >= 0.3 is 0 Å². The Hall–Kier alpha value is -3.48. The molecule has 0 fully saturated rings. The molecule has 0 radical (unpaired) electrons. The summed E-state index contributed by atoms with van der Waals surface area (Å²) in [4.78, 5) is 26.4. The highest BCUT2D eigenvalue weighted by Crippen LogP contribution is 2.29. The summed E-state index contributed by atoms with van der Waals surface area (Å²) in [7, 11) is 0. The Morgan fingerprint density at radius 1 is 1.19 bits per heavy atom. The fourth-order valence-corrected chi connectivity index (χ4v) is 3.54. The molecule has 2 N–H and O–H groups in total. The molecule has 7 nitrogen and oxygen atoms in total. The number of H-pyrrole nitrogens is 1. The molecule has 0 saturated heterocycles. The molecule has 2 aromatic carbocycles. The third kappa shape index (κ3) is 3.31. The zero-order valence-electron chi connectivity index (χ0n) is 14.6. The van der Waals surface area contributed by atoms with Crippen LogP contribution >= 0.6 is 0 Å². The van der Waals surface area contributed by atoms with Gasteiger partial charge in [0.2, 0.25) is 0 Å². The lowest BCUT2D eigenvalue weighted by atomic mass is 9.95. The molecule has 27 heavy (non-hydrogen) atoms. The molecular weight excluding hydrogens is 344 g/mol. The summed E-state index contributed by atoms with van der Waals surface area (Å²) in [6.07, 6.45) is 5.71. The van der Waals surface area contributed by atoms with Crippen molar-refractivity contribution in [3.8, 4) is 0 Å². The number of aromatic amines is 1. The minimum atomic E-state index is -0.480. The minimum absolute atomic E-state index is 0.0594. The van der Waals surface area contributed by atoms with Gasteiger partial charge in [-0.05, 0) is 55.5 Å². The molecule has 1 aliphatic rings. The number of hydrogen-bond acceptors (Lipinski definition) is 4. The molecule has 1 aliphatic carbocycles. The molecule has 0 unspecified atom stereocenters. The van der Waals surface area contributed by atoms with E-state index in [1.54, 1.807) is 24.3 Å². The first-order valence-corrected chi connectivity index (χ1v) is 8.84. The summed E-state index contributed by atoms with van der Waals surface area (Å²) < 4.78 is 0. The molecule has 0 saturated carbocycles. The van der Waals surface area contributed by atoms with Crippen LogP contribution in [0, 0.1) is 10.1 Å². The van der Waals surface area contributed by atoms with Gasteiger partial charge in [-0.2, -0.15) is 5.10 Å². The Morgan fingerprint density at radius 3 is 2.85 bits per heavy atom. The number of aromatic nitrogens is 1. The molecule has 1 aromatic heterocycles. The Balaban J connectivity index is 1.54. The molecule has 7 heteroatoms. The highest BCUT2D eigenvalue weighted by Gasteiger charge is 2.17. The number of carbonyl (C=O) groups is 1. The summed E-state index contributed by atoms with van der Waals surface area (Å²) in [5.41, 5.74) is 6.84. The van der Waals surface area contributed by atoms with Crippen LogP contribution in [0.4, 0.5) is 5.69 Å². The molecule has 1 amide bonds. The van der Waals surface area contributed by atoms with E-state index in [1.807, 2.05) is 12.1 Å². The van der Waals surface area contributed by atoms with E-state index in [2.05, 4.69) is 15.5 Å². The Morgan fingerprint density at radius 2 is 2.00 bits per heavy atom. The fourth-order valence-electron chi connectivity index (χ4n) is 3.54. The average Bonchev–Trinajstić information content (AvgIpc) is 3.06. The van der Waals surface area contributed by atoms with Gasteiger partial charge in [0.15, 0.2) is 0 Å². The van der Waals surface area contributed by atoms with Crippen molar-refractivity contribution in [1.82, 2.24) is 10.4 Å². The number of hydrazone groups is 1. The Labute approximate surface area is 155 Å². The molecule has 0 spiro atoms. The third-order valence-corrected chi connectivity index (χ3v) is 4.86. The van der Waals surface area contributed by atoms with Crippen molar-refractivity contribution in [2.75, 3.05) is 0 Å². The first kappa shape index (κ1) is 17.0. The second-order valence-corrected chi connectivity index (χ2v) is 6.56. The molecular formula is C20H18N4O3. The third-order valence-electron chi connectivity index (χ3n) is 4.86. The van der Waals surface area contributed by atoms with Gasteiger partial charge < -0.3 is 4.98 Å². The van der Waals surface area contributed by atoms with Crippen molar-refractivity contribution in [2.24, 2.45) is 5.10 Å². The number of nitro groups is 1. The highest BCUT2D eigenvalue weighted by molar-refractivity contribution is 5.99. The summed E-state index contributed by atoms with van der Waals surface area (Å²) in [5, 5.41) is 16.0. The van der Waals surface area contributed by atoms with E-state index in [1.165, 1.54) is 30.0 Å². The fraction of sp³-hybridized carbons (Fsp3) is 0.200. The van der Waals surface area contributed by atoms with Gasteiger partial charge in [-0.3, -0.25) is 14.9 Å². The number of para-hydroxylation sites is 1. The molecule has 0 aliphatic heterocycles. The predicted octanol–water partition coefficient (Wildman–Crippen LogP) is 3.72. The van der Waals surface area contributed by atoms with Crippen LogP contribution in [0.25, 0.3) is 10.9 Å². The number of aryl methyl sites for hydroxylation is 2. The van der Waals surface area contributed by atoms with Crippen LogP contribution < -0.4 is 5.43 Å². The number of carbonyl (C=O) groups excluding carboxylic acids is 1. The summed E-state index contributed by atoms with van der Waals surface area (Å²) >= 11 is 0. The normalized spacial score (nSPS) is 13.6. The van der Waals surface area contributed by atoms with Crippen molar-refractivity contribution in [1.29, 1.82) is 0 Å². The number of hydrogen-bond donors (Lipinski definition) is 2. The molecule has 0 atom stereocenters. The number of rotatable bonds is 4. The van der Waals surface area contributed by atoms with Crippen LogP contribution in [-0.2, 0) is 12.8 Å². The number of nitrogens with zero attached hydrogens (tertiary/aromatic N) is 2. The van der Waals surface area contributed by atoms with Gasteiger partial charge in [0.05, 0.1) is 16.7 Å². The molecule has 4 rings (SSSR count). The molecule has 0 bridgehead atoms. The van der Waals surface area contributed by atoms with Crippen molar-refractivity contribution in [3.63, 3.8) is 0 Å². The van der Waals surface area contributed by atoms with E-state index in [0.29, 0.717) is 11.1 Å². The van der Waals surface area contributed by atoms with Crippen LogP contribution in [-0.4, -0.2) is 22.0 Å². The van der Waals surface area contributed by atoms with Crippen molar-refractivity contribution in [3.05, 3.63) is 75.0 Å². The lowest BCUT2D eigenvalue weighted by Crippen LogP contribution is -2.17. The zero-order valence-corrected chi connectivity index (χ0v) is 14.6. The van der Waals surface area contributed by atoms with Gasteiger partial charge in [-0.15, -0.1) is 0 Å². The first-order chi connectivity index (χ1) is 13.1. The average molecular weight is 362 g/mol. The predicted molar refractivity (Wildman–Crippen MR) is 103 cm³/mol. The zero-order chi connectivity index (χ0) is 18.8. The summed E-state index contributed by atoms with van der Waals surface area (Å²) in [6.45, 7) is 0. The van der Waals surface area contributed by atoms with Crippen molar-refractivity contribution < 1.29 is 9.72 Å². The van der Waals surface area contributed by atoms with Crippen LogP contribution in [0.1, 0.15) is 40.0 Å². The summed E-state index contributed by atoms with van der Waals surface area (Å²) in [6, 6.07) is 11.8. The van der Waals surface area contributed by atoms with Crippen LogP contribution in [0.15, 0.2) is 47.6 Å². The molecule has 1 heterocycles. The van der Waals surface area contributed by atoms with E-state index in [-0.39, 0.29) is 11.6 Å². The van der Waals surface area contributed by atoms with Gasteiger partial charge in [-0.1, -0.05) is 12.1 Å². The smallest absolute Gasteiger partial charge is 0.278 e. The maximum atomic E-state index is 12.4. The SMILES string of the molecule is O=C(N/N=C\c1ccccc1[N+](=O)[O-])c1ccc2[nH]c3c(c2c1)CCCC3. The number of nitrogens with one attached hydrogen (secondary N) is 2. The topological polar surface area (TPSA) is 100 Å². The first-order valence-electron chi connectivity index (χ1n) is 8.84. The number of amides is 1. The van der Waals surface area contributed by atoms with Gasteiger partial charge in [0.25, 0.3) is 11.6 Å². The maximum absolute atomic E-state index is 12.4. The lowest BCUT2D eigenvalue weighted by molar-refractivity contribution is -0.385. The van der Waals surface area contributed by atoms with Crippen LogP contribution in [0.5, 0.6) is 0 Å². The monoisotopic (exact) mass is 362 g/mol. The van der Waals surface area contributed by atoms with Crippen molar-refractivity contribution >= 4 is 28.7 Å². The highest BCUT2D eigenvalue weighted by atomic mass is 16.6. The number of benzene rings is 2. The second kappa shape index (κ2) is 7.03. The second-order valence-electron chi connectivity index (χ2n) is 6.56. The van der Waals surface area contributed by atoms with Crippen LogP contribution in [0.3, 0.4) is 0 Å². The Kier molecular flexibility index (Phi) is 4.42. The van der Waals surface area contributed by atoms with E-state index in [9.17, 15) is 14.9 Å². The largest absolute Gasteiger partial charge is 0.358 e. The Bertz CT molecular complexity index is 1070. The molecule has 3 aromatic rings. The minimum Gasteiger partial charge on any atom is -0.358 e. The van der Waals surface area contributed by atoms with Crippen LogP contribution in [0.2, 0.25) is 0 Å². The number of fused-ring (bicyclic) bond motifs is 3. The quantitative estimate of drug-likeness (QED) is 0.420. The van der Waals surface area contributed by atoms with E-state index in [4.69, 9.17) is 0 Å². The summed E-state index contributed by atoms with van der Waals surface area (Å²) in [5.74, 6) is -0.350. The van der Waals surface area contributed by atoms with Gasteiger partial charge in [0.1, 0.15) is 0 Å². The standard InChI is InChI=1S/C20H18N4O3/c25-20(23-21-12-14-5-1-4-8-19(14)24(26)27)13-9-10-18-16(11-13)15-6-2-3-7-17(15)22-18/h1,4-5,8-12,22H,2-3,6-7H2,(H,23,25)/b21-12-. The molecule has 136 valence electrons. The van der Waals surface area contributed by atoms with Crippen molar-refractivity contribution in [2.45, 2.75) is 25.7 Å².